The summed E-state index contributed by atoms with van der Waals surface area (Å²) in [6.07, 6.45) is 2.81. The number of anilines is 1. The zero-order valence-electron chi connectivity index (χ0n) is 8.04. The number of nitrogen functional groups attached to an aromatic ring is 1. The smallest absolute Gasteiger partial charge is 0.352 e. The van der Waals surface area contributed by atoms with Gasteiger partial charge in [0.25, 0.3) is 0 Å². The molecule has 7 nitrogen and oxygen atoms in total. The van der Waals surface area contributed by atoms with Gasteiger partial charge in [0.05, 0.1) is 12.2 Å². The first kappa shape index (κ1) is 9.38. The Morgan fingerprint density at radius 2 is 2.33 bits per heavy atom. The second kappa shape index (κ2) is 3.52. The molecule has 0 aromatic carbocycles. The summed E-state index contributed by atoms with van der Waals surface area (Å²) in [6, 6.07) is 0. The van der Waals surface area contributed by atoms with Gasteiger partial charge in [-0.1, -0.05) is 0 Å². The van der Waals surface area contributed by atoms with Crippen molar-refractivity contribution in [3.05, 3.63) is 34.7 Å². The quantitative estimate of drug-likeness (QED) is 0.716. The highest BCUT2D eigenvalue weighted by molar-refractivity contribution is 5.10. The topological polar surface area (TPSA) is 99.8 Å². The fourth-order valence-electron chi connectivity index (χ4n) is 1.13. The molecular formula is C8H9N5O2. The van der Waals surface area contributed by atoms with Crippen molar-refractivity contribution in [2.45, 2.75) is 13.5 Å². The summed E-state index contributed by atoms with van der Waals surface area (Å²) in [5.41, 5.74) is 5.44. The molecule has 0 aliphatic carbocycles. The minimum atomic E-state index is -0.455. The van der Waals surface area contributed by atoms with E-state index in [-0.39, 0.29) is 12.5 Å². The molecule has 0 unspecified atom stereocenters. The summed E-state index contributed by atoms with van der Waals surface area (Å²) in [6.45, 7) is 2.00. The van der Waals surface area contributed by atoms with E-state index in [2.05, 4.69) is 15.0 Å². The van der Waals surface area contributed by atoms with Gasteiger partial charge in [0.15, 0.2) is 5.89 Å². The van der Waals surface area contributed by atoms with Crippen LogP contribution in [0.3, 0.4) is 0 Å². The van der Waals surface area contributed by atoms with Gasteiger partial charge in [-0.2, -0.15) is 4.98 Å². The fraction of sp³-hybridized carbons (Fsp3) is 0.250. The van der Waals surface area contributed by atoms with Crippen LogP contribution >= 0.6 is 0 Å². The molecule has 7 heteroatoms. The van der Waals surface area contributed by atoms with Crippen LogP contribution in [0.25, 0.3) is 0 Å². The van der Waals surface area contributed by atoms with E-state index < -0.39 is 5.69 Å². The van der Waals surface area contributed by atoms with Crippen molar-refractivity contribution in [3.8, 4) is 0 Å². The molecule has 0 saturated carbocycles. The maximum absolute atomic E-state index is 11.3. The maximum atomic E-state index is 11.3. The third kappa shape index (κ3) is 2.01. The van der Waals surface area contributed by atoms with E-state index in [1.165, 1.54) is 17.2 Å². The Morgan fingerprint density at radius 3 is 2.93 bits per heavy atom. The van der Waals surface area contributed by atoms with Gasteiger partial charge in [-0.25, -0.2) is 14.8 Å². The number of oxazole rings is 1. The first-order chi connectivity index (χ1) is 7.15. The maximum Gasteiger partial charge on any atom is 0.352 e. The van der Waals surface area contributed by atoms with Crippen molar-refractivity contribution >= 4 is 5.95 Å². The Morgan fingerprint density at radius 1 is 1.53 bits per heavy atom. The van der Waals surface area contributed by atoms with E-state index in [1.54, 1.807) is 6.92 Å². The Bertz CT molecular complexity index is 530. The molecule has 0 bridgehead atoms. The molecule has 0 aliphatic rings. The fourth-order valence-corrected chi connectivity index (χ4v) is 1.13. The zero-order valence-corrected chi connectivity index (χ0v) is 8.04. The largest absolute Gasteiger partial charge is 0.449 e. The lowest BCUT2D eigenvalue weighted by molar-refractivity contribution is 0.520. The van der Waals surface area contributed by atoms with Gasteiger partial charge in [-0.05, 0) is 0 Å². The number of nitrogens with zero attached hydrogens (tertiary/aromatic N) is 4. The van der Waals surface area contributed by atoms with Crippen LogP contribution in [0.2, 0.25) is 0 Å². The Kier molecular flexibility index (Phi) is 2.20. The number of hydrogen-bond donors (Lipinski definition) is 1. The van der Waals surface area contributed by atoms with Crippen LogP contribution in [0.15, 0.2) is 21.8 Å². The van der Waals surface area contributed by atoms with E-state index >= 15 is 0 Å². The monoisotopic (exact) mass is 207 g/mol. The molecule has 15 heavy (non-hydrogen) atoms. The third-order valence-corrected chi connectivity index (χ3v) is 1.78. The van der Waals surface area contributed by atoms with Crippen molar-refractivity contribution in [2.75, 3.05) is 5.73 Å². The predicted octanol–water partition coefficient (Wildman–Crippen LogP) is -0.435. The highest BCUT2D eigenvalue weighted by Crippen LogP contribution is 2.01. The standard InChI is InChI=1S/C8H9N5O2/c1-5-11-6(3-15-5)2-13-4-10-7(9)12-8(13)14/h3-4H,2H2,1H3,(H2,9,12,14). The third-order valence-electron chi connectivity index (χ3n) is 1.78. The summed E-state index contributed by atoms with van der Waals surface area (Å²) >= 11 is 0. The van der Waals surface area contributed by atoms with Crippen molar-refractivity contribution < 1.29 is 4.42 Å². The summed E-state index contributed by atoms with van der Waals surface area (Å²) in [4.78, 5) is 22.6. The van der Waals surface area contributed by atoms with E-state index in [4.69, 9.17) is 10.2 Å². The Labute approximate surface area is 84.6 Å². The van der Waals surface area contributed by atoms with Gasteiger partial charge < -0.3 is 10.2 Å². The van der Waals surface area contributed by atoms with Crippen molar-refractivity contribution in [2.24, 2.45) is 0 Å². The molecule has 2 rings (SSSR count). The molecule has 2 aromatic rings. The highest BCUT2D eigenvalue weighted by Gasteiger charge is 2.03. The van der Waals surface area contributed by atoms with Gasteiger partial charge in [-0.3, -0.25) is 4.57 Å². The number of rotatable bonds is 2. The second-order valence-corrected chi connectivity index (χ2v) is 2.98. The van der Waals surface area contributed by atoms with Gasteiger partial charge in [0.2, 0.25) is 5.95 Å². The number of nitrogens with two attached hydrogens (primary N) is 1. The van der Waals surface area contributed by atoms with E-state index in [1.807, 2.05) is 0 Å². The lowest BCUT2D eigenvalue weighted by atomic mass is 10.5. The van der Waals surface area contributed by atoms with Crippen LogP contribution in [-0.4, -0.2) is 19.5 Å². The normalized spacial score (nSPS) is 10.5. The number of aromatic nitrogens is 4. The molecule has 0 amide bonds. The van der Waals surface area contributed by atoms with Gasteiger partial charge >= 0.3 is 5.69 Å². The first-order valence-corrected chi connectivity index (χ1v) is 4.25. The van der Waals surface area contributed by atoms with E-state index in [0.717, 1.165) is 0 Å². The summed E-state index contributed by atoms with van der Waals surface area (Å²) < 4.78 is 6.31. The van der Waals surface area contributed by atoms with Gasteiger partial charge in [-0.15, -0.1) is 0 Å². The summed E-state index contributed by atoms with van der Waals surface area (Å²) in [7, 11) is 0. The molecule has 0 fully saturated rings. The average Bonchev–Trinajstić information content (AvgIpc) is 2.56. The van der Waals surface area contributed by atoms with Gasteiger partial charge in [0.1, 0.15) is 12.6 Å². The molecule has 78 valence electrons. The van der Waals surface area contributed by atoms with Crippen molar-refractivity contribution in [3.63, 3.8) is 0 Å². The van der Waals surface area contributed by atoms with E-state index in [9.17, 15) is 4.79 Å². The zero-order chi connectivity index (χ0) is 10.8. The van der Waals surface area contributed by atoms with Gasteiger partial charge in [0, 0.05) is 6.92 Å². The van der Waals surface area contributed by atoms with Crippen LogP contribution in [0, 0.1) is 6.92 Å². The molecular weight excluding hydrogens is 198 g/mol. The lowest BCUT2D eigenvalue weighted by Crippen LogP contribution is -2.25. The second-order valence-electron chi connectivity index (χ2n) is 2.98. The predicted molar refractivity (Wildman–Crippen MR) is 51.0 cm³/mol. The molecule has 2 aromatic heterocycles. The van der Waals surface area contributed by atoms with Crippen LogP contribution in [-0.2, 0) is 6.54 Å². The lowest BCUT2D eigenvalue weighted by Gasteiger charge is -2.00. The summed E-state index contributed by atoms with van der Waals surface area (Å²) in [5.74, 6) is 0.516. The molecule has 0 radical (unpaired) electrons. The Hall–Kier alpha value is -2.18. The molecule has 2 heterocycles. The molecule has 0 saturated heterocycles. The molecule has 0 atom stereocenters. The number of hydrogen-bond acceptors (Lipinski definition) is 6. The summed E-state index contributed by atoms with van der Waals surface area (Å²) in [5, 5.41) is 0. The average molecular weight is 207 g/mol. The van der Waals surface area contributed by atoms with Crippen molar-refractivity contribution in [1.82, 2.24) is 19.5 Å². The van der Waals surface area contributed by atoms with Crippen molar-refractivity contribution in [1.29, 1.82) is 0 Å². The minimum Gasteiger partial charge on any atom is -0.449 e. The molecule has 0 aliphatic heterocycles. The molecule has 0 spiro atoms. The number of aryl methyl sites for hydroxylation is 1. The first-order valence-electron chi connectivity index (χ1n) is 4.25. The van der Waals surface area contributed by atoms with Crippen LogP contribution < -0.4 is 11.4 Å². The van der Waals surface area contributed by atoms with Crippen LogP contribution in [0.4, 0.5) is 5.95 Å². The highest BCUT2D eigenvalue weighted by atomic mass is 16.3. The molecule has 2 N–H and O–H groups in total. The van der Waals surface area contributed by atoms with E-state index in [0.29, 0.717) is 11.6 Å². The van der Waals surface area contributed by atoms with Crippen LogP contribution in [0.1, 0.15) is 11.6 Å². The Balaban J connectivity index is 2.28. The minimum absolute atomic E-state index is 0.0346. The van der Waals surface area contributed by atoms with Crippen LogP contribution in [0.5, 0.6) is 0 Å². The SMILES string of the molecule is Cc1nc(Cn2cnc(N)nc2=O)co1.